The number of aromatic nitrogens is 1. The van der Waals surface area contributed by atoms with Crippen LogP contribution in [-0.4, -0.2) is 21.5 Å². The molecule has 0 bridgehead atoms. The van der Waals surface area contributed by atoms with Gasteiger partial charge in [-0.25, -0.2) is 0 Å². The number of hydrogen-bond acceptors (Lipinski definition) is 3. The van der Waals surface area contributed by atoms with E-state index in [1.54, 1.807) is 13.8 Å². The zero-order chi connectivity index (χ0) is 16.1. The van der Waals surface area contributed by atoms with Crippen LogP contribution in [0.25, 0.3) is 10.9 Å². The fourth-order valence-electron chi connectivity index (χ4n) is 1.89. The number of benzene rings is 1. The van der Waals surface area contributed by atoms with Gasteiger partial charge in [0.15, 0.2) is 5.11 Å². The van der Waals surface area contributed by atoms with Crippen LogP contribution in [-0.2, 0) is 16.1 Å². The molecule has 2 aromatic rings. The Kier molecular flexibility index (Phi) is 5.11. The van der Waals surface area contributed by atoms with E-state index in [4.69, 9.17) is 12.2 Å². The van der Waals surface area contributed by atoms with Gasteiger partial charge in [0.05, 0.1) is 0 Å². The number of hydrazine groups is 1. The third-order valence-electron chi connectivity index (χ3n) is 3.07. The summed E-state index contributed by atoms with van der Waals surface area (Å²) in [5.41, 5.74) is 5.96. The third-order valence-corrected chi connectivity index (χ3v) is 3.27. The Bertz CT molecular complexity index is 708. The highest BCUT2D eigenvalue weighted by Crippen LogP contribution is 2.14. The van der Waals surface area contributed by atoms with E-state index in [1.165, 1.54) is 0 Å². The molecule has 7 heteroatoms. The molecular formula is C15H18N4O2S. The van der Waals surface area contributed by atoms with Gasteiger partial charge in [-0.2, -0.15) is 0 Å². The van der Waals surface area contributed by atoms with E-state index in [2.05, 4.69) is 16.2 Å². The highest BCUT2D eigenvalue weighted by atomic mass is 32.1. The Labute approximate surface area is 133 Å². The van der Waals surface area contributed by atoms with Crippen molar-refractivity contribution in [2.75, 3.05) is 0 Å². The average Bonchev–Trinajstić information content (AvgIpc) is 2.88. The van der Waals surface area contributed by atoms with E-state index in [9.17, 15) is 9.59 Å². The van der Waals surface area contributed by atoms with Gasteiger partial charge in [-0.15, -0.1) is 0 Å². The van der Waals surface area contributed by atoms with Crippen LogP contribution in [0.1, 0.15) is 13.8 Å². The van der Waals surface area contributed by atoms with Crippen LogP contribution in [0, 0.1) is 5.92 Å². The third kappa shape index (κ3) is 4.05. The van der Waals surface area contributed by atoms with Gasteiger partial charge in [0, 0.05) is 17.6 Å². The van der Waals surface area contributed by atoms with Crippen LogP contribution in [0.5, 0.6) is 0 Å². The highest BCUT2D eigenvalue weighted by Gasteiger charge is 2.10. The summed E-state index contributed by atoms with van der Waals surface area (Å²) in [5.74, 6) is -0.646. The normalized spacial score (nSPS) is 10.5. The largest absolute Gasteiger partial charge is 0.338 e. The molecule has 116 valence electrons. The Morgan fingerprint density at radius 2 is 1.91 bits per heavy atom. The Hall–Kier alpha value is -2.41. The van der Waals surface area contributed by atoms with Gasteiger partial charge >= 0.3 is 0 Å². The second kappa shape index (κ2) is 7.04. The fourth-order valence-corrected chi connectivity index (χ4v) is 2.04. The van der Waals surface area contributed by atoms with Gasteiger partial charge in [0.25, 0.3) is 5.91 Å². The molecule has 0 saturated carbocycles. The Balaban J connectivity index is 1.86. The second-order valence-corrected chi connectivity index (χ2v) is 5.56. The van der Waals surface area contributed by atoms with E-state index < -0.39 is 0 Å². The van der Waals surface area contributed by atoms with Crippen molar-refractivity contribution in [1.29, 1.82) is 0 Å². The summed E-state index contributed by atoms with van der Waals surface area (Å²) in [5, 5.41) is 3.63. The first kappa shape index (κ1) is 16.0. The topological polar surface area (TPSA) is 75.2 Å². The molecule has 0 saturated heterocycles. The molecule has 0 fully saturated rings. The van der Waals surface area contributed by atoms with Crippen LogP contribution >= 0.6 is 12.2 Å². The molecular weight excluding hydrogens is 300 g/mol. The lowest BCUT2D eigenvalue weighted by Gasteiger charge is -2.12. The number of rotatable bonds is 3. The first-order valence-electron chi connectivity index (χ1n) is 6.91. The minimum Gasteiger partial charge on any atom is -0.338 e. The second-order valence-electron chi connectivity index (χ2n) is 5.15. The van der Waals surface area contributed by atoms with Crippen molar-refractivity contribution in [3.63, 3.8) is 0 Å². The van der Waals surface area contributed by atoms with Crippen molar-refractivity contribution < 1.29 is 9.59 Å². The number of carbonyl (C=O) groups is 2. The Morgan fingerprint density at radius 1 is 1.18 bits per heavy atom. The predicted octanol–water partition coefficient (Wildman–Crippen LogP) is 1.32. The lowest BCUT2D eigenvalue weighted by molar-refractivity contribution is -0.123. The standard InChI is InChI=1S/C15H18N4O2S/c1-10(2)14(21)16-15(22)18-17-13(20)9-19-8-7-11-5-3-4-6-12(11)19/h3-8,10H,9H2,1-2H3,(H,17,20)(H2,16,18,21,22). The van der Waals surface area contributed by atoms with Crippen molar-refractivity contribution in [3.05, 3.63) is 36.5 Å². The average molecular weight is 318 g/mol. The summed E-state index contributed by atoms with van der Waals surface area (Å²) in [6.07, 6.45) is 1.85. The number of nitrogens with one attached hydrogen (secondary N) is 3. The molecule has 0 unspecified atom stereocenters. The van der Waals surface area contributed by atoms with Crippen molar-refractivity contribution in [2.24, 2.45) is 5.92 Å². The zero-order valence-corrected chi connectivity index (χ0v) is 13.2. The summed E-state index contributed by atoms with van der Waals surface area (Å²) >= 11 is 4.93. The minimum atomic E-state index is -0.262. The highest BCUT2D eigenvalue weighted by molar-refractivity contribution is 7.80. The van der Waals surface area contributed by atoms with Gasteiger partial charge in [0.1, 0.15) is 6.54 Å². The first-order valence-corrected chi connectivity index (χ1v) is 7.31. The number of thiocarbonyl (C=S) groups is 1. The van der Waals surface area contributed by atoms with Crippen LogP contribution in [0.2, 0.25) is 0 Å². The molecule has 0 aliphatic heterocycles. The van der Waals surface area contributed by atoms with Crippen LogP contribution < -0.4 is 16.2 Å². The summed E-state index contributed by atoms with van der Waals surface area (Å²) < 4.78 is 1.84. The monoisotopic (exact) mass is 318 g/mol. The summed E-state index contributed by atoms with van der Waals surface area (Å²) in [4.78, 5) is 23.4. The smallest absolute Gasteiger partial charge is 0.258 e. The maximum Gasteiger partial charge on any atom is 0.258 e. The molecule has 6 nitrogen and oxygen atoms in total. The van der Waals surface area contributed by atoms with Crippen LogP contribution in [0.4, 0.5) is 0 Å². The van der Waals surface area contributed by atoms with E-state index in [1.807, 2.05) is 41.1 Å². The molecule has 2 amide bonds. The predicted molar refractivity (Wildman–Crippen MR) is 88.8 cm³/mol. The number of para-hydroxylation sites is 1. The summed E-state index contributed by atoms with van der Waals surface area (Å²) in [6.45, 7) is 3.67. The van der Waals surface area contributed by atoms with Crippen molar-refractivity contribution in [2.45, 2.75) is 20.4 Å². The van der Waals surface area contributed by atoms with E-state index >= 15 is 0 Å². The van der Waals surface area contributed by atoms with Crippen molar-refractivity contribution in [3.8, 4) is 0 Å². The van der Waals surface area contributed by atoms with Crippen molar-refractivity contribution >= 4 is 40.0 Å². The van der Waals surface area contributed by atoms with E-state index in [0.29, 0.717) is 0 Å². The van der Waals surface area contributed by atoms with Gasteiger partial charge < -0.3 is 9.88 Å². The lowest BCUT2D eigenvalue weighted by atomic mass is 10.2. The number of carbonyl (C=O) groups excluding carboxylic acids is 2. The van der Waals surface area contributed by atoms with Gasteiger partial charge in [-0.05, 0) is 29.7 Å². The number of nitrogens with zero attached hydrogens (tertiary/aromatic N) is 1. The molecule has 1 aromatic carbocycles. The van der Waals surface area contributed by atoms with Gasteiger partial charge in [0.2, 0.25) is 5.91 Å². The van der Waals surface area contributed by atoms with Gasteiger partial charge in [-0.3, -0.25) is 20.4 Å². The molecule has 0 spiro atoms. The number of amides is 2. The molecule has 0 aliphatic rings. The molecule has 0 aliphatic carbocycles. The molecule has 3 N–H and O–H groups in total. The Morgan fingerprint density at radius 3 is 2.64 bits per heavy atom. The number of fused-ring (bicyclic) bond motifs is 1. The summed E-state index contributed by atoms with van der Waals surface area (Å²) in [6, 6.07) is 9.75. The lowest BCUT2D eigenvalue weighted by Crippen LogP contribution is -2.50. The maximum absolute atomic E-state index is 11.9. The van der Waals surface area contributed by atoms with Crippen LogP contribution in [0.15, 0.2) is 36.5 Å². The van der Waals surface area contributed by atoms with Crippen LogP contribution in [0.3, 0.4) is 0 Å². The van der Waals surface area contributed by atoms with E-state index in [-0.39, 0.29) is 29.4 Å². The van der Waals surface area contributed by atoms with E-state index in [0.717, 1.165) is 10.9 Å². The first-order chi connectivity index (χ1) is 10.5. The summed E-state index contributed by atoms with van der Waals surface area (Å²) in [7, 11) is 0. The van der Waals surface area contributed by atoms with Crippen molar-refractivity contribution in [1.82, 2.24) is 20.7 Å². The molecule has 0 radical (unpaired) electrons. The zero-order valence-electron chi connectivity index (χ0n) is 12.4. The number of hydrogen-bond donors (Lipinski definition) is 3. The SMILES string of the molecule is CC(C)C(=O)NC(=S)NNC(=O)Cn1ccc2ccccc21. The molecule has 0 atom stereocenters. The molecule has 2 rings (SSSR count). The maximum atomic E-state index is 11.9. The quantitative estimate of drug-likeness (QED) is 0.589. The minimum absolute atomic E-state index is 0.0735. The fraction of sp³-hybridized carbons (Fsp3) is 0.267. The van der Waals surface area contributed by atoms with Gasteiger partial charge in [-0.1, -0.05) is 32.0 Å². The molecule has 1 heterocycles. The molecule has 22 heavy (non-hydrogen) atoms. The molecule has 1 aromatic heterocycles.